The van der Waals surface area contributed by atoms with Crippen LogP contribution < -0.4 is 10.1 Å². The summed E-state index contributed by atoms with van der Waals surface area (Å²) in [5.41, 5.74) is 5.11. The molecule has 2 aromatic heterocycles. The van der Waals surface area contributed by atoms with Crippen molar-refractivity contribution in [2.45, 2.75) is 20.1 Å². The van der Waals surface area contributed by atoms with Crippen LogP contribution in [-0.2, 0) is 13.2 Å². The second-order valence-electron chi connectivity index (χ2n) is 5.07. The molecule has 5 nitrogen and oxygen atoms in total. The van der Waals surface area contributed by atoms with E-state index in [-0.39, 0.29) is 5.75 Å². The predicted octanol–water partition coefficient (Wildman–Crippen LogP) is 3.74. The zero-order chi connectivity index (χ0) is 16.1. The second kappa shape index (κ2) is 7.11. The number of nitrogens with one attached hydrogen (secondary N) is 1. The Morgan fingerprint density at radius 1 is 1.26 bits per heavy atom. The highest BCUT2D eigenvalue weighted by Crippen LogP contribution is 2.21. The van der Waals surface area contributed by atoms with Crippen LogP contribution in [-0.4, -0.2) is 15.1 Å². The van der Waals surface area contributed by atoms with Crippen molar-refractivity contribution < 1.29 is 9.84 Å². The third-order valence-electron chi connectivity index (χ3n) is 3.25. The van der Waals surface area contributed by atoms with Crippen LogP contribution in [0.4, 0.5) is 5.69 Å². The Morgan fingerprint density at radius 3 is 3.00 bits per heavy atom. The molecule has 0 aliphatic carbocycles. The largest absolute Gasteiger partial charge is 0.506 e. The third kappa shape index (κ3) is 4.20. The van der Waals surface area contributed by atoms with Crippen LogP contribution in [0.25, 0.3) is 0 Å². The van der Waals surface area contributed by atoms with E-state index in [0.29, 0.717) is 18.8 Å². The number of benzene rings is 1. The molecule has 2 heterocycles. The van der Waals surface area contributed by atoms with Crippen molar-refractivity contribution in [1.29, 1.82) is 0 Å². The molecule has 3 rings (SSSR count). The Bertz CT molecular complexity index is 775. The fourth-order valence-corrected chi connectivity index (χ4v) is 2.62. The van der Waals surface area contributed by atoms with Gasteiger partial charge in [0.15, 0.2) is 0 Å². The van der Waals surface area contributed by atoms with Gasteiger partial charge in [-0.2, -0.15) is 0 Å². The number of hydrogen-bond acceptors (Lipinski definition) is 6. The second-order valence-corrected chi connectivity index (χ2v) is 5.79. The molecule has 0 fully saturated rings. The molecule has 0 amide bonds. The van der Waals surface area contributed by atoms with Gasteiger partial charge in [0.2, 0.25) is 0 Å². The fourth-order valence-electron chi connectivity index (χ4n) is 2.08. The van der Waals surface area contributed by atoms with Crippen molar-refractivity contribution >= 4 is 17.0 Å². The molecule has 0 saturated heterocycles. The first-order valence-electron chi connectivity index (χ1n) is 7.20. The van der Waals surface area contributed by atoms with Gasteiger partial charge in [-0.25, -0.2) is 4.98 Å². The van der Waals surface area contributed by atoms with Gasteiger partial charge < -0.3 is 15.2 Å². The maximum atomic E-state index is 9.82. The Balaban J connectivity index is 1.62. The molecule has 0 aliphatic rings. The maximum absolute atomic E-state index is 9.82. The van der Waals surface area contributed by atoms with Crippen LogP contribution >= 0.6 is 11.3 Å². The van der Waals surface area contributed by atoms with E-state index in [9.17, 15) is 5.11 Å². The smallest absolute Gasteiger partial charge is 0.138 e. The van der Waals surface area contributed by atoms with Crippen LogP contribution in [0.15, 0.2) is 47.3 Å². The Morgan fingerprint density at radius 2 is 2.17 bits per heavy atom. The number of aryl methyl sites for hydroxylation is 1. The lowest BCUT2D eigenvalue weighted by Crippen LogP contribution is -2.03. The van der Waals surface area contributed by atoms with Crippen LogP contribution in [0.1, 0.15) is 17.1 Å². The van der Waals surface area contributed by atoms with Gasteiger partial charge in [0.1, 0.15) is 23.8 Å². The number of thiazole rings is 1. The van der Waals surface area contributed by atoms with E-state index in [1.165, 1.54) is 0 Å². The molecule has 0 unspecified atom stereocenters. The fraction of sp³-hybridized carbons (Fsp3) is 0.176. The summed E-state index contributed by atoms with van der Waals surface area (Å²) in [6, 6.07) is 11.1. The monoisotopic (exact) mass is 327 g/mol. The van der Waals surface area contributed by atoms with Crippen LogP contribution in [0.3, 0.4) is 0 Å². The summed E-state index contributed by atoms with van der Waals surface area (Å²) >= 11 is 1.55. The van der Waals surface area contributed by atoms with E-state index >= 15 is 0 Å². The van der Waals surface area contributed by atoms with Gasteiger partial charge in [0.05, 0.1) is 17.7 Å². The highest BCUT2D eigenvalue weighted by molar-refractivity contribution is 7.07. The van der Waals surface area contributed by atoms with E-state index in [4.69, 9.17) is 4.74 Å². The van der Waals surface area contributed by atoms with Crippen molar-refractivity contribution in [1.82, 2.24) is 9.97 Å². The zero-order valence-electron chi connectivity index (χ0n) is 12.7. The SMILES string of the molecule is Cc1ccc(O)c(CNc2cccc(OCc3cscn3)c2)n1. The summed E-state index contributed by atoms with van der Waals surface area (Å²) in [5, 5.41) is 15.0. The van der Waals surface area contributed by atoms with Gasteiger partial charge in [-0.3, -0.25) is 4.98 Å². The summed E-state index contributed by atoms with van der Waals surface area (Å²) in [5.74, 6) is 0.962. The van der Waals surface area contributed by atoms with E-state index in [2.05, 4.69) is 15.3 Å². The molecule has 0 aliphatic heterocycles. The number of aromatic nitrogens is 2. The molecule has 2 N–H and O–H groups in total. The number of pyridine rings is 1. The van der Waals surface area contributed by atoms with Gasteiger partial charge in [0, 0.05) is 22.8 Å². The average Bonchev–Trinajstić information content (AvgIpc) is 3.08. The lowest BCUT2D eigenvalue weighted by molar-refractivity contribution is 0.302. The molecule has 3 aromatic rings. The Hall–Kier alpha value is -2.60. The number of aromatic hydroxyl groups is 1. The predicted molar refractivity (Wildman–Crippen MR) is 90.9 cm³/mol. The number of ether oxygens (including phenoxy) is 1. The highest BCUT2D eigenvalue weighted by Gasteiger charge is 2.04. The van der Waals surface area contributed by atoms with Crippen molar-refractivity contribution in [2.75, 3.05) is 5.32 Å². The molecule has 118 valence electrons. The van der Waals surface area contributed by atoms with Crippen LogP contribution in [0, 0.1) is 6.92 Å². The summed E-state index contributed by atoms with van der Waals surface area (Å²) in [4.78, 5) is 8.52. The summed E-state index contributed by atoms with van der Waals surface area (Å²) in [7, 11) is 0. The van der Waals surface area contributed by atoms with Crippen molar-refractivity contribution in [3.63, 3.8) is 0 Å². The highest BCUT2D eigenvalue weighted by atomic mass is 32.1. The molecule has 6 heteroatoms. The summed E-state index contributed by atoms with van der Waals surface area (Å²) in [6.07, 6.45) is 0. The molecular weight excluding hydrogens is 310 g/mol. The van der Waals surface area contributed by atoms with Gasteiger partial charge in [-0.1, -0.05) is 6.07 Å². The first-order valence-corrected chi connectivity index (χ1v) is 8.14. The lowest BCUT2D eigenvalue weighted by atomic mass is 10.2. The molecule has 0 bridgehead atoms. The van der Waals surface area contributed by atoms with E-state index in [1.54, 1.807) is 29.0 Å². The zero-order valence-corrected chi connectivity index (χ0v) is 13.5. The Kier molecular flexibility index (Phi) is 4.73. The van der Waals surface area contributed by atoms with Crippen molar-refractivity contribution in [3.05, 3.63) is 64.4 Å². The number of nitrogens with zero attached hydrogens (tertiary/aromatic N) is 2. The topological polar surface area (TPSA) is 67.3 Å². The first kappa shape index (κ1) is 15.3. The minimum absolute atomic E-state index is 0.194. The summed E-state index contributed by atoms with van der Waals surface area (Å²) < 4.78 is 5.73. The minimum atomic E-state index is 0.194. The number of anilines is 1. The average molecular weight is 327 g/mol. The standard InChI is InChI=1S/C17H17N3O2S/c1-12-5-6-17(21)16(20-12)8-18-13-3-2-4-15(7-13)22-9-14-10-23-11-19-14/h2-7,10-11,18,21H,8-9H2,1H3. The molecular formula is C17H17N3O2S. The number of rotatable bonds is 6. The third-order valence-corrected chi connectivity index (χ3v) is 3.89. The molecule has 23 heavy (non-hydrogen) atoms. The van der Waals surface area contributed by atoms with Crippen molar-refractivity contribution in [3.8, 4) is 11.5 Å². The number of hydrogen-bond donors (Lipinski definition) is 2. The van der Waals surface area contributed by atoms with Crippen LogP contribution in [0.2, 0.25) is 0 Å². The van der Waals surface area contributed by atoms with E-state index < -0.39 is 0 Å². The van der Waals surface area contributed by atoms with Gasteiger partial charge in [-0.05, 0) is 31.2 Å². The lowest BCUT2D eigenvalue weighted by Gasteiger charge is -2.10. The van der Waals surface area contributed by atoms with E-state index in [1.807, 2.05) is 36.6 Å². The minimum Gasteiger partial charge on any atom is -0.506 e. The van der Waals surface area contributed by atoms with Gasteiger partial charge >= 0.3 is 0 Å². The summed E-state index contributed by atoms with van der Waals surface area (Å²) in [6.45, 7) is 2.80. The van der Waals surface area contributed by atoms with Gasteiger partial charge in [-0.15, -0.1) is 11.3 Å². The van der Waals surface area contributed by atoms with Crippen LogP contribution in [0.5, 0.6) is 11.5 Å². The maximum Gasteiger partial charge on any atom is 0.138 e. The van der Waals surface area contributed by atoms with Crippen molar-refractivity contribution in [2.24, 2.45) is 0 Å². The van der Waals surface area contributed by atoms with Gasteiger partial charge in [0.25, 0.3) is 0 Å². The van der Waals surface area contributed by atoms with E-state index in [0.717, 1.165) is 22.8 Å². The quantitative estimate of drug-likeness (QED) is 0.722. The molecule has 1 aromatic carbocycles. The molecule has 0 saturated carbocycles. The molecule has 0 atom stereocenters. The normalized spacial score (nSPS) is 10.5. The molecule has 0 radical (unpaired) electrons. The first-order chi connectivity index (χ1) is 11.2. The Labute approximate surface area is 138 Å². The molecule has 0 spiro atoms.